The first-order valence-corrected chi connectivity index (χ1v) is 13.3. The van der Waals surface area contributed by atoms with E-state index in [0.717, 1.165) is 16.8 Å². The van der Waals surface area contributed by atoms with Crippen molar-refractivity contribution in [1.29, 1.82) is 0 Å². The molecule has 7 unspecified atom stereocenters. The van der Waals surface area contributed by atoms with Crippen molar-refractivity contribution in [3.05, 3.63) is 63.4 Å². The molecule has 0 bridgehead atoms. The molecule has 7 atom stereocenters. The number of aromatic amines is 1. The number of aromatic nitrogens is 2. The first-order valence-electron chi connectivity index (χ1n) is 11.3. The van der Waals surface area contributed by atoms with Gasteiger partial charge in [0, 0.05) is 12.3 Å². The number of carbonyl (C=O) groups is 1. The quantitative estimate of drug-likeness (QED) is 0.221. The minimum absolute atomic E-state index is 0.145. The lowest BCUT2D eigenvalue weighted by Crippen LogP contribution is -2.41. The van der Waals surface area contributed by atoms with Gasteiger partial charge in [-0.2, -0.15) is 5.09 Å². The number of aliphatic hydroxyl groups is 1. The fraction of sp³-hybridized carbons (Fsp3) is 0.500. The zero-order chi connectivity index (χ0) is 27.2. The van der Waals surface area contributed by atoms with Crippen LogP contribution in [0.1, 0.15) is 26.8 Å². The largest absolute Gasteiger partial charge is 0.462 e. The van der Waals surface area contributed by atoms with Crippen molar-refractivity contribution in [2.45, 2.75) is 61.9 Å². The Morgan fingerprint density at radius 2 is 1.97 bits per heavy atom. The second-order valence-electron chi connectivity index (χ2n) is 8.97. The number of H-pyrrole nitrogens is 1. The minimum atomic E-state index is -4.31. The fourth-order valence-corrected chi connectivity index (χ4v) is 6.08. The van der Waals surface area contributed by atoms with Crippen LogP contribution in [0.3, 0.4) is 0 Å². The summed E-state index contributed by atoms with van der Waals surface area (Å²) in [4.78, 5) is 35.6. The van der Waals surface area contributed by atoms with Crippen LogP contribution in [-0.2, 0) is 23.4 Å². The lowest BCUT2D eigenvalue weighted by Gasteiger charge is -2.26. The summed E-state index contributed by atoms with van der Waals surface area (Å²) in [6.45, 7) is 4.03. The highest BCUT2D eigenvalue weighted by Crippen LogP contribution is 2.72. The highest BCUT2D eigenvalue weighted by atomic mass is 35.5. The molecule has 1 aliphatic heterocycles. The topological polar surface area (TPSA) is 158 Å². The van der Waals surface area contributed by atoms with Gasteiger partial charge in [-0.1, -0.05) is 18.2 Å². The third kappa shape index (κ3) is 5.12. The summed E-state index contributed by atoms with van der Waals surface area (Å²) in [7, 11) is -4.31. The van der Waals surface area contributed by atoms with Gasteiger partial charge in [0.2, 0.25) is 0 Å². The fourth-order valence-electron chi connectivity index (χ4n) is 4.10. The van der Waals surface area contributed by atoms with Gasteiger partial charge in [-0.25, -0.2) is 13.8 Å². The first-order chi connectivity index (χ1) is 17.3. The average Bonchev–Trinajstić information content (AvgIpc) is 3.22. The van der Waals surface area contributed by atoms with Crippen LogP contribution in [0.4, 0.5) is 4.39 Å². The maximum absolute atomic E-state index is 15.6. The van der Waals surface area contributed by atoms with E-state index in [9.17, 15) is 24.1 Å². The molecular weight excluding hydrogens is 536 g/mol. The number of hydrogen-bond acceptors (Lipinski definition) is 9. The van der Waals surface area contributed by atoms with E-state index in [1.165, 1.54) is 19.1 Å². The van der Waals surface area contributed by atoms with Gasteiger partial charge in [0.05, 0.1) is 12.7 Å². The third-order valence-electron chi connectivity index (χ3n) is 5.86. The van der Waals surface area contributed by atoms with E-state index < -0.39 is 72.7 Å². The van der Waals surface area contributed by atoms with Gasteiger partial charge in [0.25, 0.3) is 11.4 Å². The molecule has 1 aliphatic carbocycles. The standard InChI is InChI=1S/C22H26ClFN3O9P/c1-12(2)34-18(30)13(3)26-37(32,36-14-7-5-4-6-8-14)33-11-15-17(29)21(23)19(22(21,24)35-15)27-10-9-16(28)25-20(27)31/h4-10,12-13,15,17,19,29H,11H2,1-3H3,(H,26,32)(H,25,28,31). The Morgan fingerprint density at radius 3 is 2.54 bits per heavy atom. The Bertz CT molecular complexity index is 1320. The molecule has 15 heteroatoms. The number of alkyl halides is 2. The molecule has 0 radical (unpaired) electrons. The Balaban J connectivity index is 1.49. The molecular formula is C22H26ClFN3O9P. The maximum atomic E-state index is 15.6. The number of rotatable bonds is 10. The summed E-state index contributed by atoms with van der Waals surface area (Å²) in [5, 5.41) is 13.2. The van der Waals surface area contributed by atoms with Crippen molar-refractivity contribution in [2.24, 2.45) is 0 Å². The van der Waals surface area contributed by atoms with Gasteiger partial charge in [-0.05, 0) is 32.9 Å². The maximum Gasteiger partial charge on any atom is 0.459 e. The Hall–Kier alpha value is -2.54. The third-order valence-corrected chi connectivity index (χ3v) is 8.19. The van der Waals surface area contributed by atoms with Crippen molar-refractivity contribution in [2.75, 3.05) is 6.61 Å². The van der Waals surface area contributed by atoms with E-state index in [1.807, 2.05) is 4.98 Å². The monoisotopic (exact) mass is 561 g/mol. The molecule has 1 aromatic heterocycles. The van der Waals surface area contributed by atoms with E-state index in [2.05, 4.69) is 5.09 Å². The van der Waals surface area contributed by atoms with Crippen LogP contribution in [-0.4, -0.2) is 62.3 Å². The predicted octanol–water partition coefficient (Wildman–Crippen LogP) is 1.63. The number of aliphatic hydroxyl groups excluding tert-OH is 1. The zero-order valence-corrected chi connectivity index (χ0v) is 21.6. The molecule has 37 heavy (non-hydrogen) atoms. The molecule has 3 N–H and O–H groups in total. The molecule has 4 rings (SSSR count). The molecule has 2 fully saturated rings. The molecule has 2 aromatic rings. The number of nitrogens with zero attached hydrogens (tertiary/aromatic N) is 1. The van der Waals surface area contributed by atoms with E-state index in [-0.39, 0.29) is 5.75 Å². The van der Waals surface area contributed by atoms with Crippen molar-refractivity contribution in [3.63, 3.8) is 0 Å². The van der Waals surface area contributed by atoms with Crippen LogP contribution in [0, 0.1) is 0 Å². The normalized spacial score (nSPS) is 30.8. The molecule has 0 amide bonds. The highest BCUT2D eigenvalue weighted by Gasteiger charge is 2.90. The van der Waals surface area contributed by atoms with Crippen molar-refractivity contribution in [1.82, 2.24) is 14.6 Å². The number of ether oxygens (including phenoxy) is 2. The molecule has 2 heterocycles. The summed E-state index contributed by atoms with van der Waals surface area (Å²) in [6.07, 6.45) is -2.51. The van der Waals surface area contributed by atoms with E-state index in [0.29, 0.717) is 0 Å². The predicted molar refractivity (Wildman–Crippen MR) is 128 cm³/mol. The summed E-state index contributed by atoms with van der Waals surface area (Å²) in [6, 6.07) is 6.39. The number of para-hydroxylation sites is 1. The highest BCUT2D eigenvalue weighted by molar-refractivity contribution is 7.52. The van der Waals surface area contributed by atoms with Crippen LogP contribution in [0.2, 0.25) is 0 Å². The average molecular weight is 562 g/mol. The Morgan fingerprint density at radius 1 is 1.30 bits per heavy atom. The van der Waals surface area contributed by atoms with Gasteiger partial charge in [0.15, 0.2) is 4.87 Å². The number of esters is 1. The minimum Gasteiger partial charge on any atom is -0.462 e. The lowest BCUT2D eigenvalue weighted by molar-refractivity contribution is -0.149. The van der Waals surface area contributed by atoms with Crippen molar-refractivity contribution >= 4 is 25.3 Å². The number of halogens is 2. The van der Waals surface area contributed by atoms with Crippen LogP contribution in [0.5, 0.6) is 5.75 Å². The van der Waals surface area contributed by atoms with E-state index in [4.69, 9.17) is 30.1 Å². The number of nitrogens with one attached hydrogen (secondary N) is 2. The van der Waals surface area contributed by atoms with Gasteiger partial charge >= 0.3 is 19.4 Å². The zero-order valence-electron chi connectivity index (χ0n) is 20.0. The SMILES string of the molecule is CC(C)OC(=O)C(C)NP(=O)(OCC1OC2(F)C(n3ccc(=O)[nH]c3=O)C2(Cl)C1O)Oc1ccccc1. The molecule has 1 saturated heterocycles. The summed E-state index contributed by atoms with van der Waals surface area (Å²) < 4.78 is 51.3. The second kappa shape index (κ2) is 9.97. The second-order valence-corrected chi connectivity index (χ2v) is 11.3. The smallest absolute Gasteiger partial charge is 0.459 e. The van der Waals surface area contributed by atoms with Crippen LogP contribution in [0.15, 0.2) is 52.2 Å². The summed E-state index contributed by atoms with van der Waals surface area (Å²) >= 11 is 6.36. The number of carbonyl (C=O) groups excluding carboxylic acids is 1. The van der Waals surface area contributed by atoms with Crippen molar-refractivity contribution < 1.29 is 37.4 Å². The van der Waals surface area contributed by atoms with Gasteiger partial charge in [0.1, 0.15) is 30.0 Å². The van der Waals surface area contributed by atoms with Crippen LogP contribution >= 0.6 is 19.3 Å². The molecule has 12 nitrogen and oxygen atoms in total. The Kier molecular flexibility index (Phi) is 7.41. The molecule has 0 spiro atoms. The first kappa shape index (κ1) is 27.5. The van der Waals surface area contributed by atoms with E-state index >= 15 is 4.39 Å². The van der Waals surface area contributed by atoms with Gasteiger partial charge < -0.3 is 19.1 Å². The van der Waals surface area contributed by atoms with Crippen LogP contribution in [0.25, 0.3) is 0 Å². The summed E-state index contributed by atoms with van der Waals surface area (Å²) in [5.74, 6) is -3.26. The number of benzene rings is 1. The number of fused-ring (bicyclic) bond motifs is 1. The lowest BCUT2D eigenvalue weighted by atomic mass is 10.1. The Labute approximate surface area is 215 Å². The van der Waals surface area contributed by atoms with Gasteiger partial charge in [-0.15, -0.1) is 11.6 Å². The molecule has 202 valence electrons. The molecule has 2 aliphatic rings. The van der Waals surface area contributed by atoms with Crippen LogP contribution < -0.4 is 20.9 Å². The van der Waals surface area contributed by atoms with Crippen molar-refractivity contribution in [3.8, 4) is 5.75 Å². The molecule has 1 saturated carbocycles. The molecule has 1 aromatic carbocycles. The van der Waals surface area contributed by atoms with E-state index in [1.54, 1.807) is 32.0 Å². The summed E-state index contributed by atoms with van der Waals surface area (Å²) in [5.41, 5.74) is -1.62. The number of hydrogen-bond donors (Lipinski definition) is 3. The van der Waals surface area contributed by atoms with Gasteiger partial charge in [-0.3, -0.25) is 23.7 Å².